The van der Waals surface area contributed by atoms with Crippen LogP contribution in [0.15, 0.2) is 23.5 Å². The number of benzene rings is 1. The van der Waals surface area contributed by atoms with Gasteiger partial charge >= 0.3 is 0 Å². The molecular formula is C25H31N3O7. The first-order chi connectivity index (χ1) is 16.5. The molecule has 0 aromatic heterocycles. The number of rotatable bonds is 3. The number of aliphatic hydroxyl groups is 3. The number of nitrogens with one attached hydrogen (secondary N) is 1. The zero-order valence-electron chi connectivity index (χ0n) is 19.7. The number of likely N-dealkylation sites (tertiary alicyclic amines) is 1. The molecule has 10 nitrogen and oxygen atoms in total. The number of primary amides is 1. The monoisotopic (exact) mass is 485 g/mol. The first-order valence-electron chi connectivity index (χ1n) is 12.0. The van der Waals surface area contributed by atoms with Crippen LogP contribution in [0.4, 0.5) is 0 Å². The molecule has 0 radical (unpaired) electrons. The summed E-state index contributed by atoms with van der Waals surface area (Å²) < 4.78 is 0. The van der Waals surface area contributed by atoms with Crippen LogP contribution in [-0.2, 0) is 16.0 Å². The van der Waals surface area contributed by atoms with Crippen LogP contribution >= 0.6 is 0 Å². The Kier molecular flexibility index (Phi) is 5.55. The summed E-state index contributed by atoms with van der Waals surface area (Å²) in [6, 6.07) is 2.65. The third-order valence-electron chi connectivity index (χ3n) is 8.68. The molecule has 188 valence electrons. The number of carbonyl (C=O) groups excluding carboxylic acids is 3. The average molecular weight is 486 g/mol. The van der Waals surface area contributed by atoms with Crippen molar-refractivity contribution in [2.75, 3.05) is 20.6 Å². The van der Waals surface area contributed by atoms with Gasteiger partial charge in [-0.25, -0.2) is 0 Å². The Morgan fingerprint density at radius 3 is 2.57 bits per heavy atom. The largest absolute Gasteiger partial charge is 0.510 e. The summed E-state index contributed by atoms with van der Waals surface area (Å²) in [6.07, 6.45) is 0.620. The topological polar surface area (TPSA) is 173 Å². The number of amides is 1. The Balaban J connectivity index is 1.58. The van der Waals surface area contributed by atoms with Crippen molar-refractivity contribution < 1.29 is 34.8 Å². The van der Waals surface area contributed by atoms with Crippen molar-refractivity contribution in [1.82, 2.24) is 10.2 Å². The van der Waals surface area contributed by atoms with Crippen LogP contribution in [0, 0.1) is 17.8 Å². The van der Waals surface area contributed by atoms with Gasteiger partial charge in [0.25, 0.3) is 5.91 Å². The maximum Gasteiger partial charge on any atom is 0.255 e. The minimum atomic E-state index is -2.50. The molecule has 7 atom stereocenters. The standard InChI is InChI=1S/C25H31N3O7/c1-27-19-13-8-12-7-11-6-10(14-4-3-5-28(14)2)9-15(29)16(11)20(30)17(12)22(32)25(13,35)23(33)18(21(19)31)24(26)34/h6,9,12-14,17,19,22,27,29,31-32,35H,3-5,7-8H2,1-2H3,(H2,26,34)/t12-,13-,14?,17?,19-,22?,25-/m0/s1. The Morgan fingerprint density at radius 1 is 1.26 bits per heavy atom. The van der Waals surface area contributed by atoms with Gasteiger partial charge in [-0.1, -0.05) is 6.07 Å². The van der Waals surface area contributed by atoms with Gasteiger partial charge in [-0.15, -0.1) is 0 Å². The summed E-state index contributed by atoms with van der Waals surface area (Å²) in [4.78, 5) is 41.0. The molecule has 1 aromatic carbocycles. The summed E-state index contributed by atoms with van der Waals surface area (Å²) in [5.41, 5.74) is 3.72. The molecule has 1 amide bonds. The first kappa shape index (κ1) is 23.9. The number of carbonyl (C=O) groups is 3. The van der Waals surface area contributed by atoms with Gasteiger partial charge in [0.15, 0.2) is 11.4 Å². The van der Waals surface area contributed by atoms with Gasteiger partial charge in [-0.3, -0.25) is 19.3 Å². The highest BCUT2D eigenvalue weighted by Crippen LogP contribution is 2.52. The minimum absolute atomic E-state index is 0.0960. The van der Waals surface area contributed by atoms with Crippen molar-refractivity contribution in [3.05, 3.63) is 40.2 Å². The number of aromatic hydroxyl groups is 1. The van der Waals surface area contributed by atoms with Crippen LogP contribution in [0.5, 0.6) is 5.75 Å². The lowest BCUT2D eigenvalue weighted by molar-refractivity contribution is -0.186. The molecule has 10 heteroatoms. The summed E-state index contributed by atoms with van der Waals surface area (Å²) in [5.74, 6) is -6.32. The fraction of sp³-hybridized carbons (Fsp3) is 0.560. The highest BCUT2D eigenvalue weighted by atomic mass is 16.4. The lowest BCUT2D eigenvalue weighted by Gasteiger charge is -2.54. The van der Waals surface area contributed by atoms with Crippen LogP contribution in [0.25, 0.3) is 0 Å². The van der Waals surface area contributed by atoms with E-state index in [9.17, 15) is 34.8 Å². The number of nitrogens with zero attached hydrogens (tertiary/aromatic N) is 1. The van der Waals surface area contributed by atoms with Crippen molar-refractivity contribution in [3.8, 4) is 5.75 Å². The lowest BCUT2D eigenvalue weighted by Crippen LogP contribution is -2.71. The van der Waals surface area contributed by atoms with Crippen LogP contribution in [0.2, 0.25) is 0 Å². The van der Waals surface area contributed by atoms with Gasteiger partial charge in [0.1, 0.15) is 23.2 Å². The number of fused-ring (bicyclic) bond motifs is 3. The molecule has 0 bridgehead atoms. The van der Waals surface area contributed by atoms with E-state index >= 15 is 0 Å². The van der Waals surface area contributed by atoms with E-state index in [0.717, 1.165) is 24.9 Å². The summed E-state index contributed by atoms with van der Waals surface area (Å²) in [5, 5.41) is 47.2. The molecule has 1 saturated heterocycles. The molecule has 3 unspecified atom stereocenters. The van der Waals surface area contributed by atoms with Gasteiger partial charge in [-0.05, 0) is 69.4 Å². The number of phenolic OH excluding ortho intramolecular Hbond substituents is 1. The number of hydrogen-bond donors (Lipinski definition) is 6. The quantitative estimate of drug-likeness (QED) is 0.314. The maximum absolute atomic E-state index is 13.6. The molecule has 1 aromatic rings. The normalized spacial score (nSPS) is 37.1. The molecule has 0 spiro atoms. The smallest absolute Gasteiger partial charge is 0.255 e. The van der Waals surface area contributed by atoms with E-state index in [2.05, 4.69) is 10.2 Å². The predicted octanol–water partition coefficient (Wildman–Crippen LogP) is -0.290. The fourth-order valence-electron chi connectivity index (χ4n) is 7.03. The Bertz CT molecular complexity index is 1160. The molecule has 3 aliphatic carbocycles. The van der Waals surface area contributed by atoms with Crippen LogP contribution in [0.3, 0.4) is 0 Å². The van der Waals surface area contributed by atoms with Gasteiger partial charge in [-0.2, -0.15) is 0 Å². The van der Waals surface area contributed by atoms with E-state index in [1.807, 2.05) is 13.1 Å². The average Bonchev–Trinajstić information content (AvgIpc) is 3.22. The molecule has 1 heterocycles. The molecule has 2 fully saturated rings. The Morgan fingerprint density at radius 2 is 1.97 bits per heavy atom. The van der Waals surface area contributed by atoms with E-state index in [4.69, 9.17) is 5.73 Å². The number of ketones is 2. The number of nitrogens with two attached hydrogens (primary N) is 1. The third-order valence-corrected chi connectivity index (χ3v) is 8.68. The highest BCUT2D eigenvalue weighted by Gasteiger charge is 2.66. The SMILES string of the molecule is CN[C@@H]1C(O)=C(C(N)=O)C(=O)[C@@]2(O)C(O)C3C(=O)c4c(O)cc(C5CCCN5C)cc4C[C@H]3C[C@@H]12. The summed E-state index contributed by atoms with van der Waals surface area (Å²) in [7, 11) is 3.52. The molecule has 1 aliphatic heterocycles. The molecule has 35 heavy (non-hydrogen) atoms. The zero-order chi connectivity index (χ0) is 25.4. The number of Topliss-reactive ketones (excluding diaryl/α,β-unsaturated/α-hetero) is 2. The fourth-order valence-corrected chi connectivity index (χ4v) is 7.03. The van der Waals surface area contributed by atoms with E-state index in [1.165, 1.54) is 7.05 Å². The van der Waals surface area contributed by atoms with Crippen molar-refractivity contribution in [2.45, 2.75) is 49.5 Å². The predicted molar refractivity (Wildman–Crippen MR) is 123 cm³/mol. The van der Waals surface area contributed by atoms with Gasteiger partial charge in [0, 0.05) is 12.0 Å². The molecule has 4 aliphatic rings. The Labute approximate surface area is 202 Å². The van der Waals surface area contributed by atoms with Crippen molar-refractivity contribution >= 4 is 17.5 Å². The van der Waals surface area contributed by atoms with Crippen molar-refractivity contribution in [3.63, 3.8) is 0 Å². The summed E-state index contributed by atoms with van der Waals surface area (Å²) in [6.45, 7) is 0.947. The second-order valence-corrected chi connectivity index (χ2v) is 10.4. The molecular weight excluding hydrogens is 454 g/mol. The molecule has 7 N–H and O–H groups in total. The van der Waals surface area contributed by atoms with E-state index in [1.54, 1.807) is 6.07 Å². The molecule has 1 saturated carbocycles. The number of likely N-dealkylation sites (N-methyl/N-ethyl adjacent to an activating group) is 1. The molecule has 5 rings (SSSR count). The van der Waals surface area contributed by atoms with Gasteiger partial charge in [0.2, 0.25) is 5.78 Å². The van der Waals surface area contributed by atoms with Crippen LogP contribution in [-0.4, -0.2) is 81.2 Å². The maximum atomic E-state index is 13.6. The van der Waals surface area contributed by atoms with Gasteiger partial charge in [0.05, 0.1) is 17.5 Å². The zero-order valence-corrected chi connectivity index (χ0v) is 19.7. The second-order valence-electron chi connectivity index (χ2n) is 10.4. The highest BCUT2D eigenvalue weighted by molar-refractivity contribution is 6.23. The van der Waals surface area contributed by atoms with E-state index in [-0.39, 0.29) is 23.8 Å². The lowest BCUT2D eigenvalue weighted by atomic mass is 9.53. The van der Waals surface area contributed by atoms with Crippen LogP contribution < -0.4 is 11.1 Å². The number of hydrogen-bond acceptors (Lipinski definition) is 9. The van der Waals surface area contributed by atoms with Crippen molar-refractivity contribution in [2.24, 2.45) is 23.5 Å². The summed E-state index contributed by atoms with van der Waals surface area (Å²) >= 11 is 0. The Hall–Kier alpha value is -2.79. The second kappa shape index (κ2) is 8.12. The van der Waals surface area contributed by atoms with E-state index < -0.39 is 64.3 Å². The van der Waals surface area contributed by atoms with Gasteiger partial charge < -0.3 is 31.5 Å². The number of phenols is 1. The first-order valence-corrected chi connectivity index (χ1v) is 12.0. The number of aliphatic hydroxyl groups excluding tert-OH is 2. The third kappa shape index (κ3) is 3.20. The van der Waals surface area contributed by atoms with E-state index in [0.29, 0.717) is 12.0 Å². The van der Waals surface area contributed by atoms with Crippen LogP contribution in [0.1, 0.15) is 46.8 Å². The minimum Gasteiger partial charge on any atom is -0.510 e. The van der Waals surface area contributed by atoms with Crippen molar-refractivity contribution in [1.29, 1.82) is 0 Å².